The van der Waals surface area contributed by atoms with E-state index in [0.717, 1.165) is 20.7 Å². The predicted molar refractivity (Wildman–Crippen MR) is 116 cm³/mol. The van der Waals surface area contributed by atoms with Crippen molar-refractivity contribution in [1.82, 2.24) is 19.7 Å². The van der Waals surface area contributed by atoms with Crippen LogP contribution in [-0.2, 0) is 12.8 Å². The summed E-state index contributed by atoms with van der Waals surface area (Å²) >= 11 is 3.02. The molecule has 0 amide bonds. The Kier molecular flexibility index (Phi) is 5.15. The molecule has 0 atom stereocenters. The lowest BCUT2D eigenvalue weighted by molar-refractivity contribution is 0.785. The number of para-hydroxylation sites is 1. The normalized spacial score (nSPS) is 11.1. The third kappa shape index (κ3) is 3.65. The standard InChI is InChI=1S/C20H19N5OS2/c1-12-7-6-10-15(13(12)2)22-19-23-24-20(28-19)27-11-17-21-16-9-5-4-8-14(16)18(26)25(17)3/h4-10H,11H2,1-3H3,(H,22,23). The van der Waals surface area contributed by atoms with Crippen molar-refractivity contribution in [2.45, 2.75) is 23.9 Å². The van der Waals surface area contributed by atoms with Gasteiger partial charge >= 0.3 is 0 Å². The van der Waals surface area contributed by atoms with E-state index in [-0.39, 0.29) is 5.56 Å². The van der Waals surface area contributed by atoms with E-state index in [1.165, 1.54) is 34.2 Å². The van der Waals surface area contributed by atoms with Crippen LogP contribution in [0.15, 0.2) is 51.6 Å². The van der Waals surface area contributed by atoms with Gasteiger partial charge in [0, 0.05) is 12.7 Å². The van der Waals surface area contributed by atoms with Gasteiger partial charge in [-0.15, -0.1) is 10.2 Å². The van der Waals surface area contributed by atoms with Crippen LogP contribution in [0.3, 0.4) is 0 Å². The van der Waals surface area contributed by atoms with E-state index in [4.69, 9.17) is 0 Å². The molecule has 2 heterocycles. The van der Waals surface area contributed by atoms with Gasteiger partial charge in [-0.1, -0.05) is 47.4 Å². The summed E-state index contributed by atoms with van der Waals surface area (Å²) in [6.07, 6.45) is 0. The minimum atomic E-state index is -0.0317. The first kappa shape index (κ1) is 18.6. The Morgan fingerprint density at radius 2 is 1.93 bits per heavy atom. The van der Waals surface area contributed by atoms with Crippen molar-refractivity contribution in [2.75, 3.05) is 5.32 Å². The summed E-state index contributed by atoms with van der Waals surface area (Å²) in [5, 5.41) is 13.2. The van der Waals surface area contributed by atoms with Crippen LogP contribution in [0.1, 0.15) is 17.0 Å². The van der Waals surface area contributed by atoms with Crippen molar-refractivity contribution in [3.8, 4) is 0 Å². The lowest BCUT2D eigenvalue weighted by Crippen LogP contribution is -2.21. The molecule has 0 saturated heterocycles. The number of nitrogens with one attached hydrogen (secondary N) is 1. The molecule has 2 aromatic carbocycles. The second-order valence-electron chi connectivity index (χ2n) is 6.44. The Labute approximate surface area is 170 Å². The van der Waals surface area contributed by atoms with Crippen LogP contribution in [0.4, 0.5) is 10.8 Å². The molecule has 142 valence electrons. The van der Waals surface area contributed by atoms with E-state index in [1.54, 1.807) is 17.7 Å². The molecule has 0 aliphatic heterocycles. The number of anilines is 2. The van der Waals surface area contributed by atoms with E-state index < -0.39 is 0 Å². The maximum atomic E-state index is 12.5. The summed E-state index contributed by atoms with van der Waals surface area (Å²) in [5.41, 5.74) is 4.15. The number of hydrogen-bond acceptors (Lipinski definition) is 7. The lowest BCUT2D eigenvalue weighted by atomic mass is 10.1. The zero-order chi connectivity index (χ0) is 19.7. The second-order valence-corrected chi connectivity index (χ2v) is 8.64. The second kappa shape index (κ2) is 7.73. The molecule has 8 heteroatoms. The summed E-state index contributed by atoms with van der Waals surface area (Å²) < 4.78 is 2.43. The van der Waals surface area contributed by atoms with E-state index in [9.17, 15) is 4.79 Å². The molecule has 4 rings (SSSR count). The zero-order valence-corrected chi connectivity index (χ0v) is 17.4. The van der Waals surface area contributed by atoms with Gasteiger partial charge in [0.2, 0.25) is 5.13 Å². The Morgan fingerprint density at radius 1 is 1.11 bits per heavy atom. The van der Waals surface area contributed by atoms with Crippen LogP contribution < -0.4 is 10.9 Å². The highest BCUT2D eigenvalue weighted by atomic mass is 32.2. The average Bonchev–Trinajstić information content (AvgIpc) is 3.14. The van der Waals surface area contributed by atoms with Crippen LogP contribution >= 0.6 is 23.1 Å². The van der Waals surface area contributed by atoms with E-state index >= 15 is 0 Å². The first-order valence-corrected chi connectivity index (χ1v) is 10.6. The van der Waals surface area contributed by atoms with Gasteiger partial charge in [0.25, 0.3) is 5.56 Å². The molecular formula is C20H19N5OS2. The highest BCUT2D eigenvalue weighted by Crippen LogP contribution is 2.30. The molecular weight excluding hydrogens is 390 g/mol. The zero-order valence-electron chi connectivity index (χ0n) is 15.8. The molecule has 0 aliphatic carbocycles. The SMILES string of the molecule is Cc1cccc(Nc2nnc(SCc3nc4ccccc4c(=O)n3C)s2)c1C. The number of aromatic nitrogens is 4. The van der Waals surface area contributed by atoms with Gasteiger partial charge in [-0.25, -0.2) is 4.98 Å². The van der Waals surface area contributed by atoms with Gasteiger partial charge in [-0.05, 0) is 43.2 Å². The molecule has 0 bridgehead atoms. The van der Waals surface area contributed by atoms with Crippen molar-refractivity contribution >= 4 is 44.8 Å². The molecule has 6 nitrogen and oxygen atoms in total. The monoisotopic (exact) mass is 409 g/mol. The van der Waals surface area contributed by atoms with E-state index in [0.29, 0.717) is 17.0 Å². The number of fused-ring (bicyclic) bond motifs is 1. The Balaban J connectivity index is 1.51. The lowest BCUT2D eigenvalue weighted by Gasteiger charge is -2.08. The number of benzene rings is 2. The fourth-order valence-corrected chi connectivity index (χ4v) is 4.59. The van der Waals surface area contributed by atoms with Crippen LogP contribution in [0, 0.1) is 13.8 Å². The summed E-state index contributed by atoms with van der Waals surface area (Å²) in [4.78, 5) is 17.1. The molecule has 0 radical (unpaired) electrons. The maximum Gasteiger partial charge on any atom is 0.261 e. The number of thioether (sulfide) groups is 1. The van der Waals surface area contributed by atoms with Crippen LogP contribution in [0.5, 0.6) is 0 Å². The molecule has 0 aliphatic rings. The predicted octanol–water partition coefficient (Wildman–Crippen LogP) is 4.44. The van der Waals surface area contributed by atoms with Crippen LogP contribution in [0.2, 0.25) is 0 Å². The highest BCUT2D eigenvalue weighted by Gasteiger charge is 2.11. The van der Waals surface area contributed by atoms with Crippen molar-refractivity contribution in [3.05, 3.63) is 69.8 Å². The summed E-state index contributed by atoms with van der Waals surface area (Å²) in [7, 11) is 1.76. The molecule has 0 fully saturated rings. The number of hydrogen-bond donors (Lipinski definition) is 1. The minimum Gasteiger partial charge on any atom is -0.330 e. The first-order chi connectivity index (χ1) is 13.5. The van der Waals surface area contributed by atoms with Crippen molar-refractivity contribution < 1.29 is 0 Å². The molecule has 4 aromatic rings. The van der Waals surface area contributed by atoms with Crippen LogP contribution in [0.25, 0.3) is 10.9 Å². The third-order valence-corrected chi connectivity index (χ3v) is 6.62. The van der Waals surface area contributed by atoms with E-state index in [2.05, 4.69) is 40.4 Å². The largest absolute Gasteiger partial charge is 0.330 e. The first-order valence-electron chi connectivity index (χ1n) is 8.77. The highest BCUT2D eigenvalue weighted by molar-refractivity contribution is 8.00. The van der Waals surface area contributed by atoms with Crippen molar-refractivity contribution in [3.63, 3.8) is 0 Å². The summed E-state index contributed by atoms with van der Waals surface area (Å²) in [5.74, 6) is 1.27. The average molecular weight is 410 g/mol. The third-order valence-electron chi connectivity index (χ3n) is 4.65. The number of rotatable bonds is 5. The molecule has 0 spiro atoms. The summed E-state index contributed by atoms with van der Waals surface area (Å²) in [6, 6.07) is 13.5. The fourth-order valence-electron chi connectivity index (χ4n) is 2.84. The van der Waals surface area contributed by atoms with Gasteiger partial charge in [0.05, 0.1) is 16.7 Å². The van der Waals surface area contributed by atoms with Gasteiger partial charge in [0.15, 0.2) is 4.34 Å². The molecule has 1 N–H and O–H groups in total. The van der Waals surface area contributed by atoms with E-state index in [1.807, 2.05) is 30.3 Å². The van der Waals surface area contributed by atoms with Crippen LogP contribution in [-0.4, -0.2) is 19.7 Å². The maximum absolute atomic E-state index is 12.5. The molecule has 0 saturated carbocycles. The Bertz CT molecular complexity index is 1210. The molecule has 2 aromatic heterocycles. The van der Waals surface area contributed by atoms with Gasteiger partial charge in [-0.2, -0.15) is 0 Å². The fraction of sp³-hybridized carbons (Fsp3) is 0.200. The van der Waals surface area contributed by atoms with Gasteiger partial charge in [-0.3, -0.25) is 9.36 Å². The molecule has 28 heavy (non-hydrogen) atoms. The topological polar surface area (TPSA) is 72.7 Å². The van der Waals surface area contributed by atoms with Gasteiger partial charge < -0.3 is 5.32 Å². The van der Waals surface area contributed by atoms with Crippen molar-refractivity contribution in [2.24, 2.45) is 7.05 Å². The Morgan fingerprint density at radius 3 is 2.79 bits per heavy atom. The summed E-state index contributed by atoms with van der Waals surface area (Å²) in [6.45, 7) is 4.17. The van der Waals surface area contributed by atoms with Gasteiger partial charge in [0.1, 0.15) is 5.82 Å². The van der Waals surface area contributed by atoms with Crippen molar-refractivity contribution in [1.29, 1.82) is 0 Å². The molecule has 0 unspecified atom stereocenters. The number of aryl methyl sites for hydroxylation is 1. The minimum absolute atomic E-state index is 0.0317. The number of nitrogens with zero attached hydrogens (tertiary/aromatic N) is 4. The smallest absolute Gasteiger partial charge is 0.261 e. The Hall–Kier alpha value is -2.71. The quantitative estimate of drug-likeness (QED) is 0.491.